The van der Waals surface area contributed by atoms with Gasteiger partial charge in [0.2, 0.25) is 0 Å². The Kier molecular flexibility index (Phi) is 5.46. The van der Waals surface area contributed by atoms with Crippen molar-refractivity contribution in [1.82, 2.24) is 9.55 Å². The van der Waals surface area contributed by atoms with Gasteiger partial charge in [0, 0.05) is 18.9 Å². The van der Waals surface area contributed by atoms with Gasteiger partial charge in [0.05, 0.1) is 12.9 Å². The lowest BCUT2D eigenvalue weighted by Gasteiger charge is -2.08. The molecule has 0 unspecified atom stereocenters. The Morgan fingerprint density at radius 1 is 0.826 bits per heavy atom. The first kappa shape index (κ1) is 15.3. The number of unbranched alkanes of at least 4 members (excludes halogenated alkanes) is 2. The molecular formula is C20H22N2O. The molecule has 2 aromatic carbocycles. The van der Waals surface area contributed by atoms with E-state index in [1.807, 2.05) is 36.9 Å². The maximum absolute atomic E-state index is 5.82. The van der Waals surface area contributed by atoms with Gasteiger partial charge in [-0.2, -0.15) is 0 Å². The summed E-state index contributed by atoms with van der Waals surface area (Å²) in [5.74, 6) is 0.944. The Labute approximate surface area is 137 Å². The van der Waals surface area contributed by atoms with E-state index in [9.17, 15) is 0 Å². The van der Waals surface area contributed by atoms with Crippen LogP contribution >= 0.6 is 0 Å². The highest BCUT2D eigenvalue weighted by Gasteiger charge is 1.98. The highest BCUT2D eigenvalue weighted by atomic mass is 16.5. The third-order valence-corrected chi connectivity index (χ3v) is 3.85. The molecule has 118 valence electrons. The summed E-state index contributed by atoms with van der Waals surface area (Å²) in [5.41, 5.74) is 2.46. The zero-order valence-corrected chi connectivity index (χ0v) is 13.3. The number of nitrogens with zero attached hydrogens (tertiary/aromatic N) is 2. The molecule has 23 heavy (non-hydrogen) atoms. The molecule has 0 aliphatic heterocycles. The average Bonchev–Trinajstić information content (AvgIpc) is 3.13. The van der Waals surface area contributed by atoms with Crippen LogP contribution in [0.1, 0.15) is 19.3 Å². The fourth-order valence-electron chi connectivity index (χ4n) is 2.56. The Bertz CT molecular complexity index is 675. The topological polar surface area (TPSA) is 27.1 Å². The van der Waals surface area contributed by atoms with Crippen LogP contribution < -0.4 is 4.74 Å². The van der Waals surface area contributed by atoms with E-state index in [-0.39, 0.29) is 0 Å². The summed E-state index contributed by atoms with van der Waals surface area (Å²) < 4.78 is 7.93. The molecule has 0 radical (unpaired) electrons. The summed E-state index contributed by atoms with van der Waals surface area (Å²) in [4.78, 5) is 4.04. The van der Waals surface area contributed by atoms with E-state index in [1.54, 1.807) is 0 Å². The Hall–Kier alpha value is -2.55. The van der Waals surface area contributed by atoms with E-state index in [1.165, 1.54) is 17.5 Å². The summed E-state index contributed by atoms with van der Waals surface area (Å²) in [7, 11) is 0. The lowest BCUT2D eigenvalue weighted by Crippen LogP contribution is -1.99. The summed E-state index contributed by atoms with van der Waals surface area (Å²) in [6, 6.07) is 18.7. The molecule has 0 aliphatic carbocycles. The van der Waals surface area contributed by atoms with Crippen molar-refractivity contribution < 1.29 is 4.74 Å². The van der Waals surface area contributed by atoms with Gasteiger partial charge in [0.25, 0.3) is 0 Å². The maximum atomic E-state index is 5.82. The smallest absolute Gasteiger partial charge is 0.119 e. The fraction of sp³-hybridized carbons (Fsp3) is 0.250. The highest BCUT2D eigenvalue weighted by molar-refractivity contribution is 5.63. The van der Waals surface area contributed by atoms with Crippen LogP contribution in [0, 0.1) is 0 Å². The summed E-state index contributed by atoms with van der Waals surface area (Å²) >= 11 is 0. The molecule has 0 bridgehead atoms. The normalized spacial score (nSPS) is 10.6. The zero-order chi connectivity index (χ0) is 15.7. The highest BCUT2D eigenvalue weighted by Crippen LogP contribution is 2.22. The molecule has 0 spiro atoms. The minimum atomic E-state index is 0.772. The van der Waals surface area contributed by atoms with Crippen LogP contribution in [0.25, 0.3) is 11.1 Å². The van der Waals surface area contributed by atoms with Crippen molar-refractivity contribution in [1.29, 1.82) is 0 Å². The van der Waals surface area contributed by atoms with Crippen LogP contribution in [0.5, 0.6) is 5.75 Å². The predicted molar refractivity (Wildman–Crippen MR) is 93.5 cm³/mol. The molecule has 3 nitrogen and oxygen atoms in total. The van der Waals surface area contributed by atoms with E-state index in [0.717, 1.165) is 31.7 Å². The second-order valence-corrected chi connectivity index (χ2v) is 5.60. The van der Waals surface area contributed by atoms with Crippen LogP contribution in [-0.4, -0.2) is 16.2 Å². The maximum Gasteiger partial charge on any atom is 0.119 e. The van der Waals surface area contributed by atoms with Crippen molar-refractivity contribution in [3.05, 3.63) is 73.3 Å². The molecule has 0 saturated heterocycles. The zero-order valence-electron chi connectivity index (χ0n) is 13.3. The van der Waals surface area contributed by atoms with E-state index < -0.39 is 0 Å². The lowest BCUT2D eigenvalue weighted by molar-refractivity contribution is 0.304. The van der Waals surface area contributed by atoms with Gasteiger partial charge in [0.15, 0.2) is 0 Å². The van der Waals surface area contributed by atoms with E-state index in [4.69, 9.17) is 4.74 Å². The van der Waals surface area contributed by atoms with E-state index >= 15 is 0 Å². The summed E-state index contributed by atoms with van der Waals surface area (Å²) in [5, 5.41) is 0. The molecule has 0 N–H and O–H groups in total. The van der Waals surface area contributed by atoms with E-state index in [0.29, 0.717) is 0 Å². The minimum Gasteiger partial charge on any atom is -0.494 e. The van der Waals surface area contributed by atoms with Gasteiger partial charge in [-0.1, -0.05) is 42.5 Å². The molecule has 1 heterocycles. The number of benzene rings is 2. The summed E-state index contributed by atoms with van der Waals surface area (Å²) in [6.07, 6.45) is 9.10. The molecule has 0 fully saturated rings. The molecule has 3 aromatic rings. The molecule has 0 atom stereocenters. The van der Waals surface area contributed by atoms with Crippen molar-refractivity contribution in [3.8, 4) is 16.9 Å². The number of aryl methyl sites for hydroxylation is 1. The van der Waals surface area contributed by atoms with Crippen molar-refractivity contribution >= 4 is 0 Å². The van der Waals surface area contributed by atoms with Crippen LogP contribution in [0.2, 0.25) is 0 Å². The number of imidazole rings is 1. The number of aromatic nitrogens is 2. The first-order chi connectivity index (χ1) is 11.4. The van der Waals surface area contributed by atoms with Gasteiger partial charge in [0.1, 0.15) is 5.75 Å². The van der Waals surface area contributed by atoms with Crippen LogP contribution in [-0.2, 0) is 6.54 Å². The Morgan fingerprint density at radius 3 is 2.35 bits per heavy atom. The van der Waals surface area contributed by atoms with Gasteiger partial charge in [-0.05, 0) is 42.5 Å². The number of ether oxygens (including phenoxy) is 1. The predicted octanol–water partition coefficient (Wildman–Crippen LogP) is 4.80. The largest absolute Gasteiger partial charge is 0.494 e. The number of hydrogen-bond acceptors (Lipinski definition) is 2. The number of rotatable bonds is 8. The molecule has 3 heteroatoms. The Balaban J connectivity index is 1.37. The molecule has 1 aromatic heterocycles. The van der Waals surface area contributed by atoms with Gasteiger partial charge < -0.3 is 9.30 Å². The van der Waals surface area contributed by atoms with Crippen LogP contribution in [0.15, 0.2) is 73.3 Å². The van der Waals surface area contributed by atoms with Crippen molar-refractivity contribution in [2.75, 3.05) is 6.61 Å². The first-order valence-corrected chi connectivity index (χ1v) is 8.16. The van der Waals surface area contributed by atoms with Gasteiger partial charge >= 0.3 is 0 Å². The third-order valence-electron chi connectivity index (χ3n) is 3.85. The van der Waals surface area contributed by atoms with Gasteiger partial charge in [-0.15, -0.1) is 0 Å². The quantitative estimate of drug-likeness (QED) is 0.559. The molecular weight excluding hydrogens is 284 g/mol. The van der Waals surface area contributed by atoms with Crippen molar-refractivity contribution in [2.24, 2.45) is 0 Å². The second-order valence-electron chi connectivity index (χ2n) is 5.60. The second kappa shape index (κ2) is 8.18. The van der Waals surface area contributed by atoms with Gasteiger partial charge in [-0.3, -0.25) is 0 Å². The first-order valence-electron chi connectivity index (χ1n) is 8.16. The van der Waals surface area contributed by atoms with E-state index in [2.05, 4.69) is 45.9 Å². The molecule has 0 aliphatic rings. The van der Waals surface area contributed by atoms with Crippen LogP contribution in [0.3, 0.4) is 0 Å². The van der Waals surface area contributed by atoms with Crippen LogP contribution in [0.4, 0.5) is 0 Å². The van der Waals surface area contributed by atoms with Crippen molar-refractivity contribution in [2.45, 2.75) is 25.8 Å². The third kappa shape index (κ3) is 4.71. The average molecular weight is 306 g/mol. The monoisotopic (exact) mass is 306 g/mol. The van der Waals surface area contributed by atoms with Crippen molar-refractivity contribution in [3.63, 3.8) is 0 Å². The summed E-state index contributed by atoms with van der Waals surface area (Å²) in [6.45, 7) is 1.81. The Morgan fingerprint density at radius 2 is 1.61 bits per heavy atom. The van der Waals surface area contributed by atoms with Gasteiger partial charge in [-0.25, -0.2) is 4.98 Å². The fourth-order valence-corrected chi connectivity index (χ4v) is 2.56. The molecule has 0 saturated carbocycles. The number of hydrogen-bond donors (Lipinski definition) is 0. The lowest BCUT2D eigenvalue weighted by atomic mass is 10.1. The molecule has 3 rings (SSSR count). The molecule has 0 amide bonds. The minimum absolute atomic E-state index is 0.772. The SMILES string of the molecule is c1ccc(-c2ccc(OCCCCCn3ccnc3)cc2)cc1. The standard InChI is InChI=1S/C20H22N2O/c1-3-7-18(8-4-1)19-9-11-20(12-10-19)23-16-6-2-5-14-22-15-13-21-17-22/h1,3-4,7-13,15,17H,2,5-6,14,16H2.